The minimum atomic E-state index is -0.378. The van der Waals surface area contributed by atoms with Crippen molar-refractivity contribution in [1.82, 2.24) is 15.1 Å². The summed E-state index contributed by atoms with van der Waals surface area (Å²) in [5, 5.41) is 27.2. The number of piperidine rings is 1. The molecule has 0 saturated carbocycles. The third-order valence-corrected chi connectivity index (χ3v) is 6.00. The van der Waals surface area contributed by atoms with Crippen LogP contribution >= 0.6 is 0 Å². The van der Waals surface area contributed by atoms with Gasteiger partial charge in [-0.05, 0) is 70.3 Å². The van der Waals surface area contributed by atoms with Gasteiger partial charge in [-0.1, -0.05) is 30.3 Å². The Morgan fingerprint density at radius 1 is 1.09 bits per heavy atom. The lowest BCUT2D eigenvalue weighted by Gasteiger charge is -2.32. The van der Waals surface area contributed by atoms with E-state index in [-0.39, 0.29) is 31.0 Å². The highest BCUT2D eigenvalue weighted by Gasteiger charge is 2.28. The van der Waals surface area contributed by atoms with E-state index in [0.29, 0.717) is 5.92 Å². The van der Waals surface area contributed by atoms with Crippen molar-refractivity contribution < 1.29 is 29.7 Å². The van der Waals surface area contributed by atoms with E-state index in [4.69, 9.17) is 19.8 Å². The maximum Gasteiger partial charge on any atom is 0.290 e. The molecule has 2 saturated heterocycles. The highest BCUT2D eigenvalue weighted by molar-refractivity contribution is 5.81. The Labute approximate surface area is 190 Å². The first-order valence-electron chi connectivity index (χ1n) is 11.1. The van der Waals surface area contributed by atoms with Crippen molar-refractivity contribution in [2.45, 2.75) is 44.2 Å². The van der Waals surface area contributed by atoms with E-state index in [1.165, 1.54) is 0 Å². The van der Waals surface area contributed by atoms with Crippen molar-refractivity contribution in [1.29, 1.82) is 0 Å². The quantitative estimate of drug-likeness (QED) is 0.458. The van der Waals surface area contributed by atoms with Crippen LogP contribution in [0.15, 0.2) is 30.3 Å². The average molecular weight is 452 g/mol. The summed E-state index contributed by atoms with van der Waals surface area (Å²) in [4.78, 5) is 33.6. The molecule has 1 amide bonds. The van der Waals surface area contributed by atoms with E-state index in [1.807, 2.05) is 37.4 Å². The predicted molar refractivity (Wildman–Crippen MR) is 121 cm³/mol. The number of carboxylic acid groups (broad SMARTS) is 2. The largest absolute Gasteiger partial charge is 0.483 e. The van der Waals surface area contributed by atoms with E-state index >= 15 is 0 Å². The van der Waals surface area contributed by atoms with Gasteiger partial charge in [-0.3, -0.25) is 19.3 Å². The molecule has 0 spiro atoms. The number of hydrogen-bond donors (Lipinski definition) is 4. The lowest BCUT2D eigenvalue weighted by Crippen LogP contribution is -2.44. The van der Waals surface area contributed by atoms with Crippen molar-refractivity contribution >= 4 is 18.9 Å². The fraction of sp³-hybridized carbons (Fsp3) is 0.609. The number of aliphatic hydroxyl groups excluding tert-OH is 1. The van der Waals surface area contributed by atoms with Crippen molar-refractivity contribution in [3.05, 3.63) is 35.9 Å². The highest BCUT2D eigenvalue weighted by atomic mass is 16.3. The smallest absolute Gasteiger partial charge is 0.290 e. The first-order valence-corrected chi connectivity index (χ1v) is 11.1. The van der Waals surface area contributed by atoms with Crippen LogP contribution in [0.25, 0.3) is 0 Å². The fourth-order valence-electron chi connectivity index (χ4n) is 4.17. The molecule has 0 aromatic heterocycles. The van der Waals surface area contributed by atoms with Gasteiger partial charge in [0.2, 0.25) is 5.91 Å². The predicted octanol–water partition coefficient (Wildman–Crippen LogP) is 1.43. The molecular formula is C23H37N3O6. The third kappa shape index (κ3) is 10.2. The van der Waals surface area contributed by atoms with Gasteiger partial charge in [0, 0.05) is 13.1 Å². The van der Waals surface area contributed by atoms with Crippen LogP contribution in [0.1, 0.15) is 43.8 Å². The summed E-state index contributed by atoms with van der Waals surface area (Å²) in [6, 6.07) is 9.98. The number of benzene rings is 1. The van der Waals surface area contributed by atoms with Crippen LogP contribution in [0.2, 0.25) is 0 Å². The van der Waals surface area contributed by atoms with Gasteiger partial charge in [-0.15, -0.1) is 0 Å². The molecule has 2 heterocycles. The van der Waals surface area contributed by atoms with Crippen molar-refractivity contribution in [3.63, 3.8) is 0 Å². The molecule has 9 heteroatoms. The number of carbonyl (C=O) groups is 3. The number of hydrogen-bond acceptors (Lipinski definition) is 6. The molecular weight excluding hydrogens is 414 g/mol. The van der Waals surface area contributed by atoms with Gasteiger partial charge in [-0.25, -0.2) is 0 Å². The minimum Gasteiger partial charge on any atom is -0.483 e. The summed E-state index contributed by atoms with van der Waals surface area (Å²) < 4.78 is 0. The molecule has 9 nitrogen and oxygen atoms in total. The maximum absolute atomic E-state index is 12.3. The van der Waals surface area contributed by atoms with Gasteiger partial charge in [0.1, 0.15) is 0 Å². The summed E-state index contributed by atoms with van der Waals surface area (Å²) >= 11 is 0. The van der Waals surface area contributed by atoms with E-state index in [9.17, 15) is 9.90 Å². The second kappa shape index (κ2) is 16.2. The van der Waals surface area contributed by atoms with E-state index < -0.39 is 0 Å². The number of likely N-dealkylation sites (N-methyl/N-ethyl adjacent to an activating group) is 1. The van der Waals surface area contributed by atoms with Crippen LogP contribution in [0.4, 0.5) is 0 Å². The molecule has 0 unspecified atom stereocenters. The summed E-state index contributed by atoms with van der Waals surface area (Å²) in [5.41, 5.74) is 1.00. The Morgan fingerprint density at radius 2 is 1.69 bits per heavy atom. The van der Waals surface area contributed by atoms with Crippen molar-refractivity contribution in [3.8, 4) is 0 Å². The fourth-order valence-corrected chi connectivity index (χ4v) is 4.17. The second-order valence-electron chi connectivity index (χ2n) is 8.09. The molecule has 1 aromatic carbocycles. The first-order chi connectivity index (χ1) is 15.5. The standard InChI is InChI=1S/C21H33N3O2.2CH2O2/c1-23-12-5-8-19(23)21(26)22-16-17-9-13-24(14-10-17)15-11-20(25)18-6-3-2-4-7-18;2*2-1-3/h2-4,6-7,17,19-20,25H,5,8-16H2,1H3,(H,22,26);2*1H,(H,2,3)/t19-,20-;;/m0../s1. The number of likely N-dealkylation sites (tertiary alicyclic amines) is 2. The van der Waals surface area contributed by atoms with Crippen LogP contribution in [-0.4, -0.2) is 89.8 Å². The van der Waals surface area contributed by atoms with Gasteiger partial charge < -0.3 is 25.5 Å². The summed E-state index contributed by atoms with van der Waals surface area (Å²) in [7, 11) is 2.04. The Kier molecular flexibility index (Phi) is 13.9. The summed E-state index contributed by atoms with van der Waals surface area (Å²) in [6.45, 7) is 4.40. The van der Waals surface area contributed by atoms with Gasteiger partial charge >= 0.3 is 0 Å². The lowest BCUT2D eigenvalue weighted by molar-refractivity contribution is -0.125. The molecule has 0 aliphatic carbocycles. The summed E-state index contributed by atoms with van der Waals surface area (Å²) in [5.74, 6) is 0.791. The number of nitrogens with zero attached hydrogens (tertiary/aromatic N) is 2. The highest BCUT2D eigenvalue weighted by Crippen LogP contribution is 2.21. The van der Waals surface area contributed by atoms with Crippen LogP contribution < -0.4 is 5.32 Å². The molecule has 2 atom stereocenters. The maximum atomic E-state index is 12.3. The molecule has 4 N–H and O–H groups in total. The van der Waals surface area contributed by atoms with Gasteiger partial charge in [0.15, 0.2) is 0 Å². The van der Waals surface area contributed by atoms with E-state index in [0.717, 1.165) is 70.4 Å². The molecule has 0 bridgehead atoms. The van der Waals surface area contributed by atoms with Crippen LogP contribution in [0.3, 0.4) is 0 Å². The number of nitrogens with one attached hydrogen (secondary N) is 1. The molecule has 32 heavy (non-hydrogen) atoms. The van der Waals surface area contributed by atoms with Gasteiger partial charge in [-0.2, -0.15) is 0 Å². The average Bonchev–Trinajstić information content (AvgIpc) is 3.24. The van der Waals surface area contributed by atoms with E-state index in [2.05, 4.69) is 15.1 Å². The number of rotatable bonds is 7. The normalized spacial score (nSPS) is 20.1. The third-order valence-electron chi connectivity index (χ3n) is 6.00. The molecule has 3 rings (SSSR count). The molecule has 1 aromatic rings. The van der Waals surface area contributed by atoms with Gasteiger partial charge in [0.25, 0.3) is 12.9 Å². The Hall–Kier alpha value is -2.49. The van der Waals surface area contributed by atoms with Crippen LogP contribution in [0.5, 0.6) is 0 Å². The number of aliphatic hydroxyl groups is 1. The number of amides is 1. The number of carbonyl (C=O) groups excluding carboxylic acids is 1. The van der Waals surface area contributed by atoms with E-state index in [1.54, 1.807) is 0 Å². The molecule has 2 aliphatic rings. The zero-order valence-corrected chi connectivity index (χ0v) is 18.8. The van der Waals surface area contributed by atoms with Gasteiger partial charge in [0.05, 0.1) is 12.1 Å². The van der Waals surface area contributed by atoms with Crippen molar-refractivity contribution in [2.24, 2.45) is 5.92 Å². The zero-order valence-electron chi connectivity index (χ0n) is 18.8. The molecule has 2 aliphatic heterocycles. The topological polar surface area (TPSA) is 130 Å². The molecule has 180 valence electrons. The minimum absolute atomic E-state index is 0.0783. The molecule has 0 radical (unpaired) electrons. The lowest BCUT2D eigenvalue weighted by atomic mass is 9.96. The summed E-state index contributed by atoms with van der Waals surface area (Å²) in [6.07, 6.45) is 4.77. The Bertz CT molecular complexity index is 646. The molecule has 2 fully saturated rings. The second-order valence-corrected chi connectivity index (χ2v) is 8.09. The monoisotopic (exact) mass is 451 g/mol. The SMILES string of the molecule is CN1CCC[C@H]1C(=O)NCC1CCN(CC[C@H](O)c2ccccc2)CC1.O=CO.O=CO. The Morgan fingerprint density at radius 3 is 2.22 bits per heavy atom. The Balaban J connectivity index is 0.000000769. The van der Waals surface area contributed by atoms with Crippen LogP contribution in [0, 0.1) is 5.92 Å². The zero-order chi connectivity index (χ0) is 23.8. The first kappa shape index (κ1) is 27.5. The van der Waals surface area contributed by atoms with Crippen molar-refractivity contribution in [2.75, 3.05) is 39.8 Å². The van der Waals surface area contributed by atoms with Crippen LogP contribution in [-0.2, 0) is 14.4 Å².